The van der Waals surface area contributed by atoms with E-state index in [4.69, 9.17) is 11.0 Å². The summed E-state index contributed by atoms with van der Waals surface area (Å²) in [6.45, 7) is 0. The first kappa shape index (κ1) is 10.2. The van der Waals surface area contributed by atoms with E-state index < -0.39 is 6.10 Å². The number of hydrogen-bond acceptors (Lipinski definition) is 3. The molecule has 78 valence electrons. The Morgan fingerprint density at radius 1 is 1.47 bits per heavy atom. The molecule has 0 heterocycles. The summed E-state index contributed by atoms with van der Waals surface area (Å²) in [5.41, 5.74) is 8.45. The summed E-state index contributed by atoms with van der Waals surface area (Å²) in [6, 6.07) is 7.35. The van der Waals surface area contributed by atoms with Crippen molar-refractivity contribution >= 4 is 0 Å². The number of nitrogens with zero attached hydrogens (tertiary/aromatic N) is 1. The Morgan fingerprint density at radius 3 is 3.00 bits per heavy atom. The lowest BCUT2D eigenvalue weighted by Gasteiger charge is -2.17. The molecule has 1 aliphatic rings. The maximum atomic E-state index is 9.97. The molecule has 0 saturated heterocycles. The van der Waals surface area contributed by atoms with Gasteiger partial charge in [0.05, 0.1) is 17.7 Å². The van der Waals surface area contributed by atoms with E-state index in [0.29, 0.717) is 5.56 Å². The van der Waals surface area contributed by atoms with E-state index in [1.54, 1.807) is 6.07 Å². The first-order chi connectivity index (χ1) is 7.22. The van der Waals surface area contributed by atoms with Crippen LogP contribution in [-0.2, 0) is 6.42 Å². The molecule has 15 heavy (non-hydrogen) atoms. The molecule has 0 spiro atoms. The molecule has 0 bridgehead atoms. The van der Waals surface area contributed by atoms with Crippen LogP contribution in [0.15, 0.2) is 18.2 Å². The maximum Gasteiger partial charge on any atom is 0.0991 e. The van der Waals surface area contributed by atoms with E-state index in [0.717, 1.165) is 30.4 Å². The molecule has 1 aliphatic carbocycles. The lowest BCUT2D eigenvalue weighted by atomic mass is 9.97. The average molecular weight is 202 g/mol. The molecule has 2 rings (SSSR count). The van der Waals surface area contributed by atoms with E-state index in [9.17, 15) is 5.11 Å². The minimum absolute atomic E-state index is 0.181. The van der Waals surface area contributed by atoms with Gasteiger partial charge in [0.1, 0.15) is 0 Å². The van der Waals surface area contributed by atoms with Gasteiger partial charge in [0.25, 0.3) is 0 Å². The Labute approximate surface area is 89.1 Å². The maximum absolute atomic E-state index is 9.97. The molecule has 3 nitrogen and oxygen atoms in total. The minimum Gasteiger partial charge on any atom is -0.387 e. The van der Waals surface area contributed by atoms with Crippen molar-refractivity contribution in [2.45, 2.75) is 31.4 Å². The molecule has 0 aromatic heterocycles. The van der Waals surface area contributed by atoms with Gasteiger partial charge in [-0.05, 0) is 42.5 Å². The molecule has 1 aromatic rings. The minimum atomic E-state index is -0.588. The third-order valence-corrected chi connectivity index (χ3v) is 2.98. The molecule has 2 unspecified atom stereocenters. The summed E-state index contributed by atoms with van der Waals surface area (Å²) in [6.07, 6.45) is 2.11. The van der Waals surface area contributed by atoms with Gasteiger partial charge in [-0.3, -0.25) is 0 Å². The fourth-order valence-electron chi connectivity index (χ4n) is 2.10. The summed E-state index contributed by atoms with van der Waals surface area (Å²) in [5, 5.41) is 18.8. The topological polar surface area (TPSA) is 70.0 Å². The van der Waals surface area contributed by atoms with Crippen LogP contribution in [0.1, 0.15) is 35.6 Å². The summed E-state index contributed by atoms with van der Waals surface area (Å²) >= 11 is 0. The van der Waals surface area contributed by atoms with Gasteiger partial charge < -0.3 is 10.8 Å². The zero-order valence-electron chi connectivity index (χ0n) is 8.48. The second kappa shape index (κ2) is 4.01. The molecular formula is C12H14N2O. The number of fused-ring (bicyclic) bond motifs is 1. The highest BCUT2D eigenvalue weighted by Gasteiger charge is 2.22. The second-order valence-electron chi connectivity index (χ2n) is 4.03. The normalized spacial score (nSPS) is 25.1. The predicted molar refractivity (Wildman–Crippen MR) is 57.0 cm³/mol. The van der Waals surface area contributed by atoms with Gasteiger partial charge in [-0.15, -0.1) is 0 Å². The van der Waals surface area contributed by atoms with Crippen molar-refractivity contribution < 1.29 is 5.11 Å². The van der Waals surface area contributed by atoms with E-state index in [1.165, 1.54) is 0 Å². The zero-order chi connectivity index (χ0) is 10.8. The van der Waals surface area contributed by atoms with Crippen LogP contribution in [0.3, 0.4) is 0 Å². The van der Waals surface area contributed by atoms with Crippen LogP contribution in [0.5, 0.6) is 0 Å². The fourth-order valence-corrected chi connectivity index (χ4v) is 2.10. The highest BCUT2D eigenvalue weighted by molar-refractivity contribution is 5.40. The van der Waals surface area contributed by atoms with Crippen molar-refractivity contribution in [3.63, 3.8) is 0 Å². The summed E-state index contributed by atoms with van der Waals surface area (Å²) in [5.74, 6) is 0. The van der Waals surface area contributed by atoms with Crippen molar-refractivity contribution in [2.75, 3.05) is 0 Å². The standard InChI is InChI=1S/C12H14N2O/c13-7-8-4-5-10-9(6-8)2-1-3-11(14)12(10)15/h4-6,11-12,15H,1-3,14H2. The van der Waals surface area contributed by atoms with Gasteiger partial charge in [0.2, 0.25) is 0 Å². The second-order valence-corrected chi connectivity index (χ2v) is 4.03. The van der Waals surface area contributed by atoms with Gasteiger partial charge >= 0.3 is 0 Å². The van der Waals surface area contributed by atoms with Crippen LogP contribution < -0.4 is 5.73 Å². The largest absolute Gasteiger partial charge is 0.387 e. The van der Waals surface area contributed by atoms with Gasteiger partial charge in [0, 0.05) is 6.04 Å². The molecule has 2 atom stereocenters. The molecule has 3 N–H and O–H groups in total. The summed E-state index contributed by atoms with van der Waals surface area (Å²) < 4.78 is 0. The Hall–Kier alpha value is -1.37. The average Bonchev–Trinajstić information content (AvgIpc) is 2.40. The Morgan fingerprint density at radius 2 is 2.27 bits per heavy atom. The monoisotopic (exact) mass is 202 g/mol. The van der Waals surface area contributed by atoms with Gasteiger partial charge in [-0.1, -0.05) is 6.07 Å². The SMILES string of the molecule is N#Cc1ccc2c(c1)CCCC(N)C2O. The number of hydrogen-bond donors (Lipinski definition) is 2. The molecule has 0 saturated carbocycles. The van der Waals surface area contributed by atoms with Crippen LogP contribution >= 0.6 is 0 Å². The number of nitriles is 1. The number of aliphatic hydroxyl groups excluding tert-OH is 1. The van der Waals surface area contributed by atoms with Crippen LogP contribution in [0.4, 0.5) is 0 Å². The lowest BCUT2D eigenvalue weighted by molar-refractivity contribution is 0.144. The van der Waals surface area contributed by atoms with Crippen LogP contribution in [0.2, 0.25) is 0 Å². The highest BCUT2D eigenvalue weighted by Crippen LogP contribution is 2.28. The molecular weight excluding hydrogens is 188 g/mol. The Balaban J connectivity index is 2.45. The lowest BCUT2D eigenvalue weighted by Crippen LogP contribution is -2.27. The van der Waals surface area contributed by atoms with E-state index >= 15 is 0 Å². The summed E-state index contributed by atoms with van der Waals surface area (Å²) in [7, 11) is 0. The molecule has 0 amide bonds. The van der Waals surface area contributed by atoms with Crippen LogP contribution in [-0.4, -0.2) is 11.1 Å². The third-order valence-electron chi connectivity index (χ3n) is 2.98. The third kappa shape index (κ3) is 1.87. The van der Waals surface area contributed by atoms with Gasteiger partial charge in [-0.25, -0.2) is 0 Å². The van der Waals surface area contributed by atoms with E-state index in [2.05, 4.69) is 6.07 Å². The molecule has 0 radical (unpaired) electrons. The molecule has 0 fully saturated rings. The molecule has 3 heteroatoms. The van der Waals surface area contributed by atoms with E-state index in [-0.39, 0.29) is 6.04 Å². The zero-order valence-corrected chi connectivity index (χ0v) is 8.48. The van der Waals surface area contributed by atoms with Crippen molar-refractivity contribution in [2.24, 2.45) is 5.73 Å². The Kier molecular flexibility index (Phi) is 2.72. The smallest absolute Gasteiger partial charge is 0.0991 e. The predicted octanol–water partition coefficient (Wildman–Crippen LogP) is 1.26. The number of aliphatic hydroxyl groups is 1. The van der Waals surface area contributed by atoms with Gasteiger partial charge in [0.15, 0.2) is 0 Å². The van der Waals surface area contributed by atoms with Crippen LogP contribution in [0, 0.1) is 11.3 Å². The molecule has 0 aliphatic heterocycles. The highest BCUT2D eigenvalue weighted by atomic mass is 16.3. The van der Waals surface area contributed by atoms with Crippen molar-refractivity contribution in [3.05, 3.63) is 34.9 Å². The first-order valence-electron chi connectivity index (χ1n) is 5.19. The van der Waals surface area contributed by atoms with Crippen LogP contribution in [0.25, 0.3) is 0 Å². The Bertz CT molecular complexity index is 409. The van der Waals surface area contributed by atoms with Crippen molar-refractivity contribution in [3.8, 4) is 6.07 Å². The number of rotatable bonds is 0. The molecule has 1 aromatic carbocycles. The number of benzene rings is 1. The number of nitrogens with two attached hydrogens (primary N) is 1. The fraction of sp³-hybridized carbons (Fsp3) is 0.417. The number of aryl methyl sites for hydroxylation is 1. The van der Waals surface area contributed by atoms with Crippen molar-refractivity contribution in [1.82, 2.24) is 0 Å². The van der Waals surface area contributed by atoms with Crippen molar-refractivity contribution in [1.29, 1.82) is 5.26 Å². The summed E-state index contributed by atoms with van der Waals surface area (Å²) in [4.78, 5) is 0. The van der Waals surface area contributed by atoms with E-state index in [1.807, 2.05) is 12.1 Å². The van der Waals surface area contributed by atoms with Gasteiger partial charge in [-0.2, -0.15) is 5.26 Å². The quantitative estimate of drug-likeness (QED) is 0.622. The first-order valence-corrected chi connectivity index (χ1v) is 5.19.